The van der Waals surface area contributed by atoms with Crippen LogP contribution in [0.5, 0.6) is 0 Å². The van der Waals surface area contributed by atoms with E-state index in [0.717, 1.165) is 12.8 Å². The number of nitrogens with one attached hydrogen (secondary N) is 3. The molecule has 0 unspecified atom stereocenters. The van der Waals surface area contributed by atoms with Crippen molar-refractivity contribution < 1.29 is 9.90 Å². The van der Waals surface area contributed by atoms with Gasteiger partial charge >= 0.3 is 5.69 Å². The van der Waals surface area contributed by atoms with Crippen molar-refractivity contribution in [3.8, 4) is 0 Å². The van der Waals surface area contributed by atoms with Crippen LogP contribution in [0, 0.1) is 0 Å². The molecular formula is C12H17N3O4. The molecule has 1 amide bonds. The predicted molar refractivity (Wildman–Crippen MR) is 67.8 cm³/mol. The SMILES string of the molecule is O=C(Cc1cc(=O)[nH]c(=O)[nH]1)NCC1(O)CCCC1. The van der Waals surface area contributed by atoms with E-state index in [1.165, 1.54) is 6.07 Å². The van der Waals surface area contributed by atoms with Crippen molar-refractivity contribution in [2.45, 2.75) is 37.7 Å². The molecule has 0 radical (unpaired) electrons. The highest BCUT2D eigenvalue weighted by Gasteiger charge is 2.31. The van der Waals surface area contributed by atoms with Gasteiger partial charge in [0.2, 0.25) is 5.91 Å². The highest BCUT2D eigenvalue weighted by molar-refractivity contribution is 5.78. The van der Waals surface area contributed by atoms with Crippen LogP contribution in [-0.4, -0.2) is 33.1 Å². The molecule has 7 heteroatoms. The Balaban J connectivity index is 1.90. The second kappa shape index (κ2) is 5.40. The molecule has 0 bridgehead atoms. The molecule has 1 saturated carbocycles. The molecule has 4 N–H and O–H groups in total. The zero-order chi connectivity index (χ0) is 13.9. The van der Waals surface area contributed by atoms with E-state index in [1.54, 1.807) is 0 Å². The van der Waals surface area contributed by atoms with Gasteiger partial charge in [-0.2, -0.15) is 0 Å². The van der Waals surface area contributed by atoms with Crippen LogP contribution in [0.15, 0.2) is 15.7 Å². The van der Waals surface area contributed by atoms with E-state index >= 15 is 0 Å². The lowest BCUT2D eigenvalue weighted by atomic mass is 10.0. The van der Waals surface area contributed by atoms with E-state index < -0.39 is 16.9 Å². The average Bonchev–Trinajstić information content (AvgIpc) is 2.73. The van der Waals surface area contributed by atoms with Gasteiger partial charge in [-0.15, -0.1) is 0 Å². The van der Waals surface area contributed by atoms with E-state index in [1.807, 2.05) is 4.98 Å². The summed E-state index contributed by atoms with van der Waals surface area (Å²) in [6.45, 7) is 0.208. The summed E-state index contributed by atoms with van der Waals surface area (Å²) < 4.78 is 0. The van der Waals surface area contributed by atoms with E-state index in [4.69, 9.17) is 0 Å². The monoisotopic (exact) mass is 267 g/mol. The minimum atomic E-state index is -0.808. The van der Waals surface area contributed by atoms with Crippen LogP contribution >= 0.6 is 0 Å². The number of carbonyl (C=O) groups is 1. The molecule has 0 spiro atoms. The molecule has 1 aromatic rings. The molecule has 7 nitrogen and oxygen atoms in total. The first-order chi connectivity index (χ1) is 8.97. The zero-order valence-corrected chi connectivity index (χ0v) is 10.5. The predicted octanol–water partition coefficient (Wildman–Crippen LogP) is -0.973. The summed E-state index contributed by atoms with van der Waals surface area (Å²) in [5.74, 6) is -0.332. The van der Waals surface area contributed by atoms with Gasteiger partial charge in [0.1, 0.15) is 0 Å². The Morgan fingerprint density at radius 3 is 2.63 bits per heavy atom. The molecule has 1 fully saturated rings. The molecule has 19 heavy (non-hydrogen) atoms. The van der Waals surface area contributed by atoms with E-state index in [2.05, 4.69) is 10.3 Å². The van der Waals surface area contributed by atoms with Crippen molar-refractivity contribution in [1.29, 1.82) is 0 Å². The fraction of sp³-hybridized carbons (Fsp3) is 0.583. The largest absolute Gasteiger partial charge is 0.388 e. The summed E-state index contributed by atoms with van der Waals surface area (Å²) in [7, 11) is 0. The summed E-state index contributed by atoms with van der Waals surface area (Å²) in [4.78, 5) is 38.2. The second-order valence-corrected chi connectivity index (χ2v) is 5.00. The Morgan fingerprint density at radius 2 is 2.00 bits per heavy atom. The van der Waals surface area contributed by atoms with Crippen LogP contribution in [0.2, 0.25) is 0 Å². The lowest BCUT2D eigenvalue weighted by Crippen LogP contribution is -2.41. The molecule has 0 saturated heterocycles. The molecule has 1 aromatic heterocycles. The topological polar surface area (TPSA) is 115 Å². The summed E-state index contributed by atoms with van der Waals surface area (Å²) >= 11 is 0. The van der Waals surface area contributed by atoms with E-state index in [9.17, 15) is 19.5 Å². The van der Waals surface area contributed by atoms with Crippen LogP contribution in [0.1, 0.15) is 31.4 Å². The smallest absolute Gasteiger partial charge is 0.325 e. The number of hydrogen-bond acceptors (Lipinski definition) is 4. The minimum Gasteiger partial charge on any atom is -0.388 e. The van der Waals surface area contributed by atoms with Gasteiger partial charge in [0.05, 0.1) is 12.0 Å². The van der Waals surface area contributed by atoms with Gasteiger partial charge < -0.3 is 15.4 Å². The number of aromatic amines is 2. The Hall–Kier alpha value is -1.89. The van der Waals surface area contributed by atoms with Crippen LogP contribution in [-0.2, 0) is 11.2 Å². The van der Waals surface area contributed by atoms with Crippen LogP contribution in [0.4, 0.5) is 0 Å². The normalized spacial score (nSPS) is 17.3. The van der Waals surface area contributed by atoms with Crippen molar-refractivity contribution in [3.05, 3.63) is 32.6 Å². The van der Waals surface area contributed by atoms with Crippen molar-refractivity contribution >= 4 is 5.91 Å². The highest BCUT2D eigenvalue weighted by Crippen LogP contribution is 2.28. The summed E-state index contributed by atoms with van der Waals surface area (Å²) in [5.41, 5.74) is -1.73. The molecule has 0 aliphatic heterocycles. The minimum absolute atomic E-state index is 0.0881. The van der Waals surface area contributed by atoms with Crippen molar-refractivity contribution in [1.82, 2.24) is 15.3 Å². The molecule has 1 aliphatic rings. The van der Waals surface area contributed by atoms with Gasteiger partial charge in [0.15, 0.2) is 0 Å². The van der Waals surface area contributed by atoms with E-state index in [0.29, 0.717) is 12.8 Å². The zero-order valence-electron chi connectivity index (χ0n) is 10.5. The number of amides is 1. The van der Waals surface area contributed by atoms with Gasteiger partial charge in [0.25, 0.3) is 5.56 Å². The maximum absolute atomic E-state index is 11.7. The van der Waals surface area contributed by atoms with Crippen molar-refractivity contribution in [3.63, 3.8) is 0 Å². The first kappa shape index (κ1) is 13.5. The summed E-state index contributed by atoms with van der Waals surface area (Å²) in [5, 5.41) is 12.7. The van der Waals surface area contributed by atoms with Crippen molar-refractivity contribution in [2.24, 2.45) is 0 Å². The number of hydrogen-bond donors (Lipinski definition) is 4. The maximum Gasteiger partial charge on any atom is 0.325 e. The first-order valence-corrected chi connectivity index (χ1v) is 6.28. The van der Waals surface area contributed by atoms with Crippen LogP contribution in [0.3, 0.4) is 0 Å². The molecule has 0 aromatic carbocycles. The Kier molecular flexibility index (Phi) is 3.84. The molecule has 104 valence electrons. The van der Waals surface area contributed by atoms with Crippen molar-refractivity contribution in [2.75, 3.05) is 6.54 Å². The van der Waals surface area contributed by atoms with Gasteiger partial charge in [-0.25, -0.2) is 4.79 Å². The van der Waals surface area contributed by atoms with Gasteiger partial charge in [-0.1, -0.05) is 12.8 Å². The Bertz CT molecular complexity index is 541. The summed E-state index contributed by atoms with van der Waals surface area (Å²) in [6.07, 6.45) is 3.22. The maximum atomic E-state index is 11.7. The highest BCUT2D eigenvalue weighted by atomic mass is 16.3. The second-order valence-electron chi connectivity index (χ2n) is 5.00. The average molecular weight is 267 g/mol. The van der Waals surface area contributed by atoms with E-state index in [-0.39, 0.29) is 24.6 Å². The number of carbonyl (C=O) groups excluding carboxylic acids is 1. The molecule has 1 heterocycles. The number of aromatic nitrogens is 2. The third-order valence-electron chi connectivity index (χ3n) is 3.32. The molecule has 1 aliphatic carbocycles. The summed E-state index contributed by atoms with van der Waals surface area (Å²) in [6, 6.07) is 1.17. The van der Waals surface area contributed by atoms with Gasteiger partial charge in [-0.05, 0) is 12.8 Å². The van der Waals surface area contributed by atoms with Gasteiger partial charge in [-0.3, -0.25) is 14.6 Å². The Labute approximate surface area is 109 Å². The standard InChI is InChI=1S/C12H17N3O4/c16-9(13-7-12(19)3-1-2-4-12)5-8-6-10(17)15-11(18)14-8/h6,19H,1-5,7H2,(H,13,16)(H2,14,15,17,18). The number of rotatable bonds is 4. The quantitative estimate of drug-likeness (QED) is 0.561. The molecule has 2 rings (SSSR count). The first-order valence-electron chi connectivity index (χ1n) is 6.28. The lowest BCUT2D eigenvalue weighted by molar-refractivity contribution is -0.121. The Morgan fingerprint density at radius 1 is 1.32 bits per heavy atom. The van der Waals surface area contributed by atoms with Crippen LogP contribution < -0.4 is 16.6 Å². The van der Waals surface area contributed by atoms with Gasteiger partial charge in [0, 0.05) is 18.3 Å². The molecule has 0 atom stereocenters. The third kappa shape index (κ3) is 3.78. The number of H-pyrrole nitrogens is 2. The third-order valence-corrected chi connectivity index (χ3v) is 3.32. The fourth-order valence-electron chi connectivity index (χ4n) is 2.32. The number of aliphatic hydroxyl groups is 1. The van der Waals surface area contributed by atoms with Crippen LogP contribution in [0.25, 0.3) is 0 Å². The fourth-order valence-corrected chi connectivity index (χ4v) is 2.32. The molecular weight excluding hydrogens is 250 g/mol. The lowest BCUT2D eigenvalue weighted by Gasteiger charge is -2.22.